The van der Waals surface area contributed by atoms with Gasteiger partial charge in [-0.3, -0.25) is 14.4 Å². The van der Waals surface area contributed by atoms with E-state index in [4.69, 9.17) is 0 Å². The molecule has 1 N–H and O–H groups in total. The van der Waals surface area contributed by atoms with Crippen LogP contribution in [-0.4, -0.2) is 26.2 Å². The van der Waals surface area contributed by atoms with Gasteiger partial charge in [-0.25, -0.2) is 4.98 Å². The van der Waals surface area contributed by atoms with E-state index in [0.29, 0.717) is 17.9 Å². The van der Waals surface area contributed by atoms with E-state index in [1.807, 2.05) is 30.3 Å². The molecule has 1 aliphatic heterocycles. The van der Waals surface area contributed by atoms with Gasteiger partial charge in [-0.15, -0.1) is 0 Å². The van der Waals surface area contributed by atoms with Crippen molar-refractivity contribution in [1.29, 1.82) is 0 Å². The first-order valence-electron chi connectivity index (χ1n) is 8.44. The highest BCUT2D eigenvalue weighted by atomic mass is 16.3. The Balaban J connectivity index is 1.84. The van der Waals surface area contributed by atoms with Crippen LogP contribution in [0.25, 0.3) is 22.3 Å². The molecule has 3 aromatic rings. The summed E-state index contributed by atoms with van der Waals surface area (Å²) in [7, 11) is 0. The largest absolute Gasteiger partial charge is 0.377 e. The third-order valence-corrected chi connectivity index (χ3v) is 5.44. The predicted molar refractivity (Wildman–Crippen MR) is 94.1 cm³/mol. The molecule has 1 aliphatic carbocycles. The fourth-order valence-electron chi connectivity index (χ4n) is 3.99. The minimum Gasteiger partial charge on any atom is -0.377 e. The molecule has 0 bridgehead atoms. The smallest absolute Gasteiger partial charge is 0.263 e. The molecule has 1 atom stereocenters. The molecule has 6 nitrogen and oxygen atoms in total. The van der Waals surface area contributed by atoms with E-state index in [-0.39, 0.29) is 17.5 Å². The van der Waals surface area contributed by atoms with Crippen molar-refractivity contribution in [2.45, 2.75) is 25.5 Å². The summed E-state index contributed by atoms with van der Waals surface area (Å²) in [6.07, 6.45) is 0.0332. The number of Topliss-reactive ketones (excluding diaryl/α,β-unsaturated/α-hetero) is 2. The molecule has 0 saturated carbocycles. The van der Waals surface area contributed by atoms with Gasteiger partial charge in [0, 0.05) is 16.5 Å². The summed E-state index contributed by atoms with van der Waals surface area (Å²) in [5, 5.41) is 11.7. The van der Waals surface area contributed by atoms with Gasteiger partial charge in [-0.2, -0.15) is 0 Å². The van der Waals surface area contributed by atoms with Crippen molar-refractivity contribution in [1.82, 2.24) is 9.55 Å². The number of aliphatic hydroxyl groups is 1. The number of hydrogen-bond acceptors (Lipinski definition) is 5. The molecule has 5 rings (SSSR count). The van der Waals surface area contributed by atoms with Gasteiger partial charge in [0.25, 0.3) is 5.56 Å². The molecule has 0 fully saturated rings. The first-order chi connectivity index (χ1) is 12.5. The van der Waals surface area contributed by atoms with Crippen molar-refractivity contribution in [2.24, 2.45) is 0 Å². The molecule has 128 valence electrons. The Morgan fingerprint density at radius 1 is 1.19 bits per heavy atom. The maximum Gasteiger partial charge on any atom is 0.263 e. The number of hydrogen-bond donors (Lipinski definition) is 1. The van der Waals surface area contributed by atoms with Crippen LogP contribution in [0.5, 0.6) is 0 Å². The average molecular weight is 346 g/mol. The fraction of sp³-hybridized carbons (Fsp3) is 0.200. The number of carbonyl (C=O) groups is 2. The number of ketones is 2. The number of nitrogens with zero attached hydrogens (tertiary/aromatic N) is 2. The Kier molecular flexibility index (Phi) is 2.76. The number of carbonyl (C=O) groups excluding carboxylic acids is 2. The van der Waals surface area contributed by atoms with E-state index in [9.17, 15) is 19.5 Å². The van der Waals surface area contributed by atoms with Crippen molar-refractivity contribution in [3.63, 3.8) is 0 Å². The van der Waals surface area contributed by atoms with E-state index in [0.717, 1.165) is 16.5 Å². The maximum absolute atomic E-state index is 12.9. The molecule has 26 heavy (non-hydrogen) atoms. The normalized spacial score (nSPS) is 20.4. The Labute approximate surface area is 147 Å². The number of benzene rings is 1. The van der Waals surface area contributed by atoms with Crippen LogP contribution in [0.4, 0.5) is 0 Å². The average Bonchev–Trinajstić information content (AvgIpc) is 3.10. The third-order valence-electron chi connectivity index (χ3n) is 5.44. The van der Waals surface area contributed by atoms with E-state index < -0.39 is 22.7 Å². The van der Waals surface area contributed by atoms with Gasteiger partial charge < -0.3 is 9.67 Å². The minimum absolute atomic E-state index is 0.0332. The lowest BCUT2D eigenvalue weighted by Crippen LogP contribution is -2.32. The van der Waals surface area contributed by atoms with Crippen LogP contribution in [0.15, 0.2) is 41.2 Å². The van der Waals surface area contributed by atoms with Crippen LogP contribution in [0.2, 0.25) is 0 Å². The lowest BCUT2D eigenvalue weighted by Gasteiger charge is -2.19. The second-order valence-electron chi connectivity index (χ2n) is 6.77. The van der Waals surface area contributed by atoms with Crippen LogP contribution in [-0.2, 0) is 16.9 Å². The van der Waals surface area contributed by atoms with E-state index >= 15 is 0 Å². The Morgan fingerprint density at radius 2 is 1.96 bits per heavy atom. The molecule has 1 unspecified atom stereocenters. The van der Waals surface area contributed by atoms with E-state index in [2.05, 4.69) is 4.98 Å². The van der Waals surface area contributed by atoms with Crippen molar-refractivity contribution in [3.8, 4) is 11.4 Å². The predicted octanol–water partition coefficient (Wildman–Crippen LogP) is 1.79. The SMILES string of the molecule is CCC1(O)C(=O)C(=O)c2c1cc1n(c2=O)Cc2cc3ccccc3nc2-1. The zero-order valence-corrected chi connectivity index (χ0v) is 13.9. The fourth-order valence-corrected chi connectivity index (χ4v) is 3.99. The number of aromatic nitrogens is 2. The Hall–Kier alpha value is -3.12. The summed E-state index contributed by atoms with van der Waals surface area (Å²) in [5.74, 6) is -1.83. The van der Waals surface area contributed by atoms with Crippen molar-refractivity contribution < 1.29 is 14.7 Å². The molecular formula is C20H14N2O4. The van der Waals surface area contributed by atoms with Gasteiger partial charge in [0.05, 0.1) is 29.0 Å². The molecule has 3 heterocycles. The molecule has 0 spiro atoms. The summed E-state index contributed by atoms with van der Waals surface area (Å²) in [6.45, 7) is 1.91. The van der Waals surface area contributed by atoms with Gasteiger partial charge >= 0.3 is 0 Å². The van der Waals surface area contributed by atoms with E-state index in [1.54, 1.807) is 13.0 Å². The Bertz CT molecular complexity index is 1220. The summed E-state index contributed by atoms with van der Waals surface area (Å²) < 4.78 is 1.46. The molecule has 0 saturated heterocycles. The molecule has 0 amide bonds. The highest BCUT2D eigenvalue weighted by Gasteiger charge is 2.51. The zero-order valence-electron chi connectivity index (χ0n) is 13.9. The summed E-state index contributed by atoms with van der Waals surface area (Å²) >= 11 is 0. The van der Waals surface area contributed by atoms with Crippen molar-refractivity contribution >= 4 is 22.5 Å². The van der Waals surface area contributed by atoms with Crippen molar-refractivity contribution in [2.75, 3.05) is 0 Å². The van der Waals surface area contributed by atoms with Gasteiger partial charge in [0.1, 0.15) is 0 Å². The maximum atomic E-state index is 12.9. The molecule has 1 aromatic carbocycles. The van der Waals surface area contributed by atoms with Crippen LogP contribution < -0.4 is 5.56 Å². The van der Waals surface area contributed by atoms with Gasteiger partial charge in [0.15, 0.2) is 5.60 Å². The summed E-state index contributed by atoms with van der Waals surface area (Å²) in [6, 6.07) is 11.2. The van der Waals surface area contributed by atoms with Gasteiger partial charge in [-0.1, -0.05) is 25.1 Å². The van der Waals surface area contributed by atoms with Gasteiger partial charge in [-0.05, 0) is 24.6 Å². The highest BCUT2D eigenvalue weighted by Crippen LogP contribution is 2.39. The zero-order chi connectivity index (χ0) is 18.2. The van der Waals surface area contributed by atoms with Crippen molar-refractivity contribution in [3.05, 3.63) is 63.4 Å². The topological polar surface area (TPSA) is 89.3 Å². The first kappa shape index (κ1) is 15.2. The summed E-state index contributed by atoms with van der Waals surface area (Å²) in [5.41, 5.74) is 0.282. The van der Waals surface area contributed by atoms with Crippen LogP contribution in [0.1, 0.15) is 34.8 Å². The standard InChI is InChI=1S/C20H14N2O4/c1-2-20(26)12-8-14-16-11(7-10-5-3-4-6-13(10)21-16)9-22(14)19(25)15(12)17(23)18(20)24/h3-8,26H,2,9H2,1H3. The number of rotatable bonds is 1. The first-order valence-corrected chi connectivity index (χ1v) is 8.44. The Morgan fingerprint density at radius 3 is 2.73 bits per heavy atom. The molecule has 2 aromatic heterocycles. The lowest BCUT2D eigenvalue weighted by atomic mass is 9.92. The highest BCUT2D eigenvalue weighted by molar-refractivity contribution is 6.49. The molecular weight excluding hydrogens is 332 g/mol. The van der Waals surface area contributed by atoms with E-state index in [1.165, 1.54) is 4.57 Å². The van der Waals surface area contributed by atoms with Crippen LogP contribution in [0.3, 0.4) is 0 Å². The third kappa shape index (κ3) is 1.64. The number of pyridine rings is 2. The van der Waals surface area contributed by atoms with Crippen LogP contribution >= 0.6 is 0 Å². The lowest BCUT2D eigenvalue weighted by molar-refractivity contribution is -0.132. The minimum atomic E-state index is -1.93. The van der Waals surface area contributed by atoms with Gasteiger partial charge in [0.2, 0.25) is 11.6 Å². The second-order valence-corrected chi connectivity index (χ2v) is 6.77. The molecule has 6 heteroatoms. The number of para-hydroxylation sites is 1. The van der Waals surface area contributed by atoms with Crippen LogP contribution in [0, 0.1) is 0 Å². The second kappa shape index (κ2) is 4.74. The molecule has 2 aliphatic rings. The summed E-state index contributed by atoms with van der Waals surface area (Å²) in [4.78, 5) is 42.2. The number of fused-ring (bicyclic) bond motifs is 5. The monoisotopic (exact) mass is 346 g/mol. The molecule has 0 radical (unpaired) electrons. The quantitative estimate of drug-likeness (QED) is 0.531.